The second-order valence-electron chi connectivity index (χ2n) is 4.90. The van der Waals surface area contributed by atoms with Crippen LogP contribution in [0, 0.1) is 0 Å². The molecule has 0 heterocycles. The summed E-state index contributed by atoms with van der Waals surface area (Å²) >= 11 is 0. The lowest BCUT2D eigenvalue weighted by Crippen LogP contribution is -2.34. The van der Waals surface area contributed by atoms with Crippen molar-refractivity contribution >= 4 is 5.69 Å². The van der Waals surface area contributed by atoms with E-state index in [0.29, 0.717) is 0 Å². The van der Waals surface area contributed by atoms with E-state index in [1.54, 1.807) is 0 Å². The molecule has 0 aromatic heterocycles. The number of nitrogens with zero attached hydrogens (tertiary/aromatic N) is 1. The van der Waals surface area contributed by atoms with Crippen molar-refractivity contribution in [3.63, 3.8) is 0 Å². The molecule has 0 saturated heterocycles. The molecule has 0 radical (unpaired) electrons. The maximum absolute atomic E-state index is 9.87. The summed E-state index contributed by atoms with van der Waals surface area (Å²) in [5.41, 5.74) is 1.12. The quantitative estimate of drug-likeness (QED) is 0.873. The van der Waals surface area contributed by atoms with E-state index in [2.05, 4.69) is 0 Å². The first kappa shape index (κ1) is 12.2. The Hall–Kier alpha value is -1.22. The molecule has 1 aromatic rings. The predicted molar refractivity (Wildman–Crippen MR) is 69.7 cm³/mol. The summed E-state index contributed by atoms with van der Waals surface area (Å²) in [6.45, 7) is 0. The van der Waals surface area contributed by atoms with E-state index in [9.17, 15) is 5.11 Å². The minimum absolute atomic E-state index is 0.0406. The predicted octanol–water partition coefficient (Wildman–Crippen LogP) is 2.43. The van der Waals surface area contributed by atoms with Gasteiger partial charge in [-0.3, -0.25) is 0 Å². The highest BCUT2D eigenvalue weighted by atomic mass is 16.5. The summed E-state index contributed by atoms with van der Waals surface area (Å²) in [4.78, 5) is 2.05. The summed E-state index contributed by atoms with van der Waals surface area (Å²) in [6, 6.07) is 8.00. The van der Waals surface area contributed by atoms with Crippen LogP contribution in [0.4, 0.5) is 5.69 Å². The Morgan fingerprint density at radius 1 is 1.24 bits per heavy atom. The standard InChI is InChI=1S/C14H21NO2/c1-15(2)11-6-5-7-12(10-11)17-14-9-4-3-8-13(14)16/h5-7,10,13-14,16H,3-4,8-9H2,1-2H3/t13-,14-/m0/s1. The third kappa shape index (κ3) is 3.13. The smallest absolute Gasteiger partial charge is 0.124 e. The number of ether oxygens (including phenoxy) is 1. The van der Waals surface area contributed by atoms with Crippen LogP contribution in [0.5, 0.6) is 5.75 Å². The van der Waals surface area contributed by atoms with Crippen molar-refractivity contribution in [1.29, 1.82) is 0 Å². The van der Waals surface area contributed by atoms with Gasteiger partial charge in [0.1, 0.15) is 11.9 Å². The van der Waals surface area contributed by atoms with Crippen LogP contribution in [0.3, 0.4) is 0 Å². The van der Waals surface area contributed by atoms with Crippen LogP contribution in [0.15, 0.2) is 24.3 Å². The van der Waals surface area contributed by atoms with Crippen LogP contribution in [-0.4, -0.2) is 31.4 Å². The molecule has 0 unspecified atom stereocenters. The summed E-state index contributed by atoms with van der Waals surface area (Å²) in [6.07, 6.45) is 3.71. The molecule has 3 heteroatoms. The van der Waals surface area contributed by atoms with Gasteiger partial charge in [0.2, 0.25) is 0 Å². The third-order valence-corrected chi connectivity index (χ3v) is 3.29. The maximum atomic E-state index is 9.87. The van der Waals surface area contributed by atoms with Gasteiger partial charge in [0.25, 0.3) is 0 Å². The zero-order valence-corrected chi connectivity index (χ0v) is 10.6. The van der Waals surface area contributed by atoms with Crippen molar-refractivity contribution in [2.24, 2.45) is 0 Å². The molecule has 3 nitrogen and oxygen atoms in total. The Kier molecular flexibility index (Phi) is 3.89. The second kappa shape index (κ2) is 5.41. The van der Waals surface area contributed by atoms with E-state index in [0.717, 1.165) is 37.1 Å². The fourth-order valence-electron chi connectivity index (χ4n) is 2.22. The van der Waals surface area contributed by atoms with Gasteiger partial charge in [0.15, 0.2) is 0 Å². The molecule has 17 heavy (non-hydrogen) atoms. The van der Waals surface area contributed by atoms with Gasteiger partial charge >= 0.3 is 0 Å². The van der Waals surface area contributed by atoms with Crippen molar-refractivity contribution in [3.05, 3.63) is 24.3 Å². The van der Waals surface area contributed by atoms with E-state index in [4.69, 9.17) is 4.74 Å². The van der Waals surface area contributed by atoms with Crippen molar-refractivity contribution in [1.82, 2.24) is 0 Å². The topological polar surface area (TPSA) is 32.7 Å². The summed E-state index contributed by atoms with van der Waals surface area (Å²) < 4.78 is 5.88. The number of benzene rings is 1. The Morgan fingerprint density at radius 3 is 2.71 bits per heavy atom. The Morgan fingerprint density at radius 2 is 2.00 bits per heavy atom. The van der Waals surface area contributed by atoms with E-state index >= 15 is 0 Å². The van der Waals surface area contributed by atoms with E-state index in [-0.39, 0.29) is 12.2 Å². The highest BCUT2D eigenvalue weighted by Crippen LogP contribution is 2.26. The SMILES string of the molecule is CN(C)c1cccc(O[C@H]2CCCC[C@@H]2O)c1. The van der Waals surface area contributed by atoms with Crippen LogP contribution < -0.4 is 9.64 Å². The van der Waals surface area contributed by atoms with Gasteiger partial charge in [-0.15, -0.1) is 0 Å². The van der Waals surface area contributed by atoms with Crippen LogP contribution >= 0.6 is 0 Å². The largest absolute Gasteiger partial charge is 0.488 e. The molecule has 2 atom stereocenters. The number of anilines is 1. The second-order valence-corrected chi connectivity index (χ2v) is 4.90. The Bertz CT molecular complexity index is 365. The molecule has 1 fully saturated rings. The molecule has 0 bridgehead atoms. The molecule has 94 valence electrons. The van der Waals surface area contributed by atoms with Crippen molar-refractivity contribution in [2.75, 3.05) is 19.0 Å². The molecule has 1 aromatic carbocycles. The monoisotopic (exact) mass is 235 g/mol. The molecule has 1 aliphatic rings. The molecular formula is C14H21NO2. The average Bonchev–Trinajstić information content (AvgIpc) is 2.32. The molecule has 0 aliphatic heterocycles. The van der Waals surface area contributed by atoms with Crippen LogP contribution in [0.2, 0.25) is 0 Å². The molecule has 1 N–H and O–H groups in total. The first-order valence-corrected chi connectivity index (χ1v) is 6.29. The summed E-state index contributed by atoms with van der Waals surface area (Å²) in [5, 5.41) is 9.87. The van der Waals surface area contributed by atoms with E-state index in [1.807, 2.05) is 43.3 Å². The number of aliphatic hydroxyl groups is 1. The van der Waals surface area contributed by atoms with Crippen molar-refractivity contribution in [2.45, 2.75) is 37.9 Å². The first-order chi connectivity index (χ1) is 8.16. The molecule has 0 spiro atoms. The lowest BCUT2D eigenvalue weighted by Gasteiger charge is -2.28. The highest BCUT2D eigenvalue weighted by Gasteiger charge is 2.24. The number of rotatable bonds is 3. The number of hydrogen-bond donors (Lipinski definition) is 1. The minimum atomic E-state index is -0.313. The van der Waals surface area contributed by atoms with Crippen molar-refractivity contribution < 1.29 is 9.84 Å². The molecule has 2 rings (SSSR count). The van der Waals surface area contributed by atoms with Crippen molar-refractivity contribution in [3.8, 4) is 5.75 Å². The van der Waals surface area contributed by atoms with Gasteiger partial charge in [0.05, 0.1) is 6.10 Å². The Labute approximate surface area is 103 Å². The third-order valence-electron chi connectivity index (χ3n) is 3.29. The minimum Gasteiger partial charge on any atom is -0.488 e. The fraction of sp³-hybridized carbons (Fsp3) is 0.571. The summed E-state index contributed by atoms with van der Waals surface area (Å²) in [7, 11) is 4.02. The van der Waals surface area contributed by atoms with Gasteiger partial charge < -0.3 is 14.7 Å². The number of hydrogen-bond acceptors (Lipinski definition) is 3. The first-order valence-electron chi connectivity index (χ1n) is 6.29. The van der Waals surface area contributed by atoms with E-state index < -0.39 is 0 Å². The lowest BCUT2D eigenvalue weighted by atomic mass is 9.95. The Balaban J connectivity index is 2.04. The zero-order valence-electron chi connectivity index (χ0n) is 10.6. The molecule has 0 amide bonds. The van der Waals surface area contributed by atoms with E-state index in [1.165, 1.54) is 0 Å². The molecule has 1 aliphatic carbocycles. The van der Waals surface area contributed by atoms with Gasteiger partial charge in [-0.1, -0.05) is 12.5 Å². The van der Waals surface area contributed by atoms with Gasteiger partial charge in [-0.25, -0.2) is 0 Å². The maximum Gasteiger partial charge on any atom is 0.124 e. The van der Waals surface area contributed by atoms with Gasteiger partial charge in [-0.2, -0.15) is 0 Å². The highest BCUT2D eigenvalue weighted by molar-refractivity contribution is 5.49. The van der Waals surface area contributed by atoms with Gasteiger partial charge in [0, 0.05) is 25.8 Å². The average molecular weight is 235 g/mol. The van der Waals surface area contributed by atoms with Gasteiger partial charge in [-0.05, 0) is 31.4 Å². The van der Waals surface area contributed by atoms with Crippen LogP contribution in [0.25, 0.3) is 0 Å². The molecular weight excluding hydrogens is 214 g/mol. The van der Waals surface area contributed by atoms with Crippen LogP contribution in [-0.2, 0) is 0 Å². The zero-order chi connectivity index (χ0) is 12.3. The fourth-order valence-corrected chi connectivity index (χ4v) is 2.22. The summed E-state index contributed by atoms with van der Waals surface area (Å²) in [5.74, 6) is 0.849. The lowest BCUT2D eigenvalue weighted by molar-refractivity contribution is 0.00690. The van der Waals surface area contributed by atoms with Crippen LogP contribution in [0.1, 0.15) is 25.7 Å². The normalized spacial score (nSPS) is 24.4. The number of aliphatic hydroxyl groups excluding tert-OH is 1. The molecule has 1 saturated carbocycles.